The Labute approximate surface area is 121 Å². The molecule has 1 unspecified atom stereocenters. The van der Waals surface area contributed by atoms with Crippen molar-refractivity contribution in [3.8, 4) is 0 Å². The van der Waals surface area contributed by atoms with E-state index in [1.54, 1.807) is 0 Å². The van der Waals surface area contributed by atoms with E-state index in [1.807, 2.05) is 20.8 Å². The summed E-state index contributed by atoms with van der Waals surface area (Å²) in [4.78, 5) is 22.5. The minimum atomic E-state index is -0.923. The Morgan fingerprint density at radius 3 is 2.40 bits per heavy atom. The van der Waals surface area contributed by atoms with Crippen molar-refractivity contribution in [1.82, 2.24) is 10.6 Å². The van der Waals surface area contributed by atoms with Crippen molar-refractivity contribution in [3.63, 3.8) is 0 Å². The van der Waals surface area contributed by atoms with Crippen LogP contribution in [0.15, 0.2) is 0 Å². The second kappa shape index (κ2) is 9.58. The number of hydrogen-bond donors (Lipinski definition) is 3. The molecule has 0 aliphatic heterocycles. The average molecular weight is 288 g/mol. The molecule has 6 nitrogen and oxygen atoms in total. The van der Waals surface area contributed by atoms with E-state index in [2.05, 4.69) is 17.6 Å². The Kier molecular flexibility index (Phi) is 8.96. The number of carboxylic acids is 1. The summed E-state index contributed by atoms with van der Waals surface area (Å²) >= 11 is 0. The van der Waals surface area contributed by atoms with Gasteiger partial charge in [0.2, 0.25) is 0 Å². The molecular formula is C14H28N2O4. The van der Waals surface area contributed by atoms with Crippen molar-refractivity contribution in [2.45, 2.75) is 53.0 Å². The van der Waals surface area contributed by atoms with Gasteiger partial charge in [0.05, 0.1) is 13.0 Å². The van der Waals surface area contributed by atoms with Gasteiger partial charge in [-0.2, -0.15) is 0 Å². The van der Waals surface area contributed by atoms with Gasteiger partial charge in [0.15, 0.2) is 0 Å². The maximum Gasteiger partial charge on any atom is 0.315 e. The Balaban J connectivity index is 3.99. The first kappa shape index (κ1) is 18.7. The molecule has 0 aromatic carbocycles. The molecule has 0 bridgehead atoms. The minimum Gasteiger partial charge on any atom is -0.481 e. The van der Waals surface area contributed by atoms with E-state index < -0.39 is 12.0 Å². The standard InChI is InChI=1S/C14H28N2O4/c1-5-6-8-20-9-7-15-13(19)16-11(10-12(17)18)14(2,3)4/h11H,5-10H2,1-4H3,(H,17,18)(H2,15,16,19). The maximum atomic E-state index is 11.7. The Morgan fingerprint density at radius 1 is 1.25 bits per heavy atom. The average Bonchev–Trinajstić information content (AvgIpc) is 2.31. The van der Waals surface area contributed by atoms with Gasteiger partial charge in [0.1, 0.15) is 0 Å². The molecule has 0 spiro atoms. The number of nitrogens with one attached hydrogen (secondary N) is 2. The number of ether oxygens (including phenoxy) is 1. The Hall–Kier alpha value is -1.30. The van der Waals surface area contributed by atoms with Gasteiger partial charge >= 0.3 is 12.0 Å². The van der Waals surface area contributed by atoms with E-state index in [9.17, 15) is 9.59 Å². The number of carboxylic acid groups (broad SMARTS) is 1. The summed E-state index contributed by atoms with van der Waals surface area (Å²) in [5, 5.41) is 14.2. The van der Waals surface area contributed by atoms with Crippen molar-refractivity contribution in [3.05, 3.63) is 0 Å². The lowest BCUT2D eigenvalue weighted by Crippen LogP contribution is -2.49. The monoisotopic (exact) mass is 288 g/mol. The zero-order chi connectivity index (χ0) is 15.6. The summed E-state index contributed by atoms with van der Waals surface area (Å²) in [6.07, 6.45) is 2.00. The van der Waals surface area contributed by atoms with Gasteiger partial charge in [-0.15, -0.1) is 0 Å². The molecule has 0 aliphatic carbocycles. The van der Waals surface area contributed by atoms with Crippen LogP contribution in [0.5, 0.6) is 0 Å². The van der Waals surface area contributed by atoms with E-state index in [-0.39, 0.29) is 17.9 Å². The number of hydrogen-bond acceptors (Lipinski definition) is 3. The first-order valence-electron chi connectivity index (χ1n) is 7.11. The molecule has 0 heterocycles. The predicted molar refractivity (Wildman–Crippen MR) is 77.8 cm³/mol. The van der Waals surface area contributed by atoms with Gasteiger partial charge in [-0.3, -0.25) is 4.79 Å². The summed E-state index contributed by atoms with van der Waals surface area (Å²) < 4.78 is 5.32. The largest absolute Gasteiger partial charge is 0.481 e. The molecular weight excluding hydrogens is 260 g/mol. The molecule has 3 N–H and O–H groups in total. The number of carbonyl (C=O) groups excluding carboxylic acids is 1. The lowest BCUT2D eigenvalue weighted by Gasteiger charge is -2.30. The van der Waals surface area contributed by atoms with Crippen LogP contribution in [0, 0.1) is 5.41 Å². The highest BCUT2D eigenvalue weighted by Gasteiger charge is 2.28. The number of rotatable bonds is 9. The van der Waals surface area contributed by atoms with E-state index in [4.69, 9.17) is 9.84 Å². The molecule has 0 rings (SSSR count). The zero-order valence-corrected chi connectivity index (χ0v) is 13.0. The molecule has 2 amide bonds. The predicted octanol–water partition coefficient (Wildman–Crippen LogP) is 1.99. The van der Waals surface area contributed by atoms with Crippen LogP contribution in [0.25, 0.3) is 0 Å². The second-order valence-corrected chi connectivity index (χ2v) is 5.88. The van der Waals surface area contributed by atoms with Gasteiger partial charge < -0.3 is 20.5 Å². The Bertz CT molecular complexity index is 300. The third-order valence-corrected chi connectivity index (χ3v) is 2.90. The summed E-state index contributed by atoms with van der Waals surface area (Å²) in [6.45, 7) is 9.36. The highest BCUT2D eigenvalue weighted by molar-refractivity contribution is 5.75. The number of unbranched alkanes of at least 4 members (excludes halogenated alkanes) is 1. The molecule has 118 valence electrons. The molecule has 0 aromatic heterocycles. The molecule has 0 saturated carbocycles. The number of urea groups is 1. The van der Waals surface area contributed by atoms with Crippen LogP contribution in [0.1, 0.15) is 47.0 Å². The second-order valence-electron chi connectivity index (χ2n) is 5.88. The third kappa shape index (κ3) is 9.61. The molecule has 0 fully saturated rings. The first-order valence-corrected chi connectivity index (χ1v) is 7.11. The number of carbonyl (C=O) groups is 2. The SMILES string of the molecule is CCCCOCCNC(=O)NC(CC(=O)O)C(C)(C)C. The molecule has 0 aromatic rings. The van der Waals surface area contributed by atoms with Crippen LogP contribution in [0.3, 0.4) is 0 Å². The fourth-order valence-electron chi connectivity index (χ4n) is 1.54. The first-order chi connectivity index (χ1) is 9.27. The van der Waals surface area contributed by atoms with E-state index in [0.717, 1.165) is 12.8 Å². The van der Waals surface area contributed by atoms with Crippen LogP contribution >= 0.6 is 0 Å². The van der Waals surface area contributed by atoms with Crippen LogP contribution in [0.4, 0.5) is 4.79 Å². The van der Waals surface area contributed by atoms with Gasteiger partial charge in [0, 0.05) is 19.2 Å². The maximum absolute atomic E-state index is 11.7. The van der Waals surface area contributed by atoms with Crippen molar-refractivity contribution in [1.29, 1.82) is 0 Å². The third-order valence-electron chi connectivity index (χ3n) is 2.90. The van der Waals surface area contributed by atoms with Crippen molar-refractivity contribution >= 4 is 12.0 Å². The van der Waals surface area contributed by atoms with Gasteiger partial charge in [0.25, 0.3) is 0 Å². The summed E-state index contributed by atoms with van der Waals surface area (Å²) in [6, 6.07) is -0.772. The lowest BCUT2D eigenvalue weighted by atomic mass is 9.85. The lowest BCUT2D eigenvalue weighted by molar-refractivity contribution is -0.138. The zero-order valence-electron chi connectivity index (χ0n) is 13.0. The molecule has 20 heavy (non-hydrogen) atoms. The molecule has 0 radical (unpaired) electrons. The van der Waals surface area contributed by atoms with E-state index in [0.29, 0.717) is 19.8 Å². The van der Waals surface area contributed by atoms with Crippen LogP contribution < -0.4 is 10.6 Å². The highest BCUT2D eigenvalue weighted by atomic mass is 16.5. The minimum absolute atomic E-state index is 0.0933. The van der Waals surface area contributed by atoms with E-state index in [1.165, 1.54) is 0 Å². The normalized spacial score (nSPS) is 12.8. The smallest absolute Gasteiger partial charge is 0.315 e. The van der Waals surface area contributed by atoms with Crippen molar-refractivity contribution < 1.29 is 19.4 Å². The molecule has 6 heteroatoms. The van der Waals surface area contributed by atoms with Crippen LogP contribution in [-0.2, 0) is 9.53 Å². The van der Waals surface area contributed by atoms with Gasteiger partial charge in [-0.25, -0.2) is 4.79 Å². The number of aliphatic carboxylic acids is 1. The summed E-state index contributed by atoms with van der Waals surface area (Å²) in [5.74, 6) is -0.923. The fourth-order valence-corrected chi connectivity index (χ4v) is 1.54. The topological polar surface area (TPSA) is 87.7 Å². The fraction of sp³-hybridized carbons (Fsp3) is 0.857. The molecule has 1 atom stereocenters. The molecule has 0 saturated heterocycles. The van der Waals surface area contributed by atoms with Crippen LogP contribution in [0.2, 0.25) is 0 Å². The van der Waals surface area contributed by atoms with Crippen molar-refractivity contribution in [2.24, 2.45) is 5.41 Å². The van der Waals surface area contributed by atoms with E-state index >= 15 is 0 Å². The highest BCUT2D eigenvalue weighted by Crippen LogP contribution is 2.21. The van der Waals surface area contributed by atoms with Crippen molar-refractivity contribution in [2.75, 3.05) is 19.8 Å². The quantitative estimate of drug-likeness (QED) is 0.566. The molecule has 0 aliphatic rings. The van der Waals surface area contributed by atoms with Gasteiger partial charge in [-0.1, -0.05) is 34.1 Å². The van der Waals surface area contributed by atoms with Gasteiger partial charge in [-0.05, 0) is 11.8 Å². The Morgan fingerprint density at radius 2 is 1.90 bits per heavy atom. The summed E-state index contributed by atoms with van der Waals surface area (Å²) in [5.41, 5.74) is -0.312. The van der Waals surface area contributed by atoms with Crippen LogP contribution in [-0.4, -0.2) is 42.9 Å². The summed E-state index contributed by atoms with van der Waals surface area (Å²) in [7, 11) is 0. The number of amides is 2.